The Morgan fingerprint density at radius 2 is 1.13 bits per heavy atom. The molecule has 1 aliphatic carbocycles. The summed E-state index contributed by atoms with van der Waals surface area (Å²) in [4.78, 5) is 0. The van der Waals surface area contributed by atoms with Crippen molar-refractivity contribution in [3.05, 3.63) is 162 Å². The largest absolute Gasteiger partial charge is 0.309 e. The van der Waals surface area contributed by atoms with Crippen LogP contribution < -0.4 is 0 Å². The number of benzene rings is 6. The van der Waals surface area contributed by atoms with E-state index in [1.165, 1.54) is 66.4 Å². The first-order valence-corrected chi connectivity index (χ1v) is 13.3. The third kappa shape index (κ3) is 2.99. The highest BCUT2D eigenvalue weighted by molar-refractivity contribution is 6.19. The first kappa shape index (κ1) is 21.2. The quantitative estimate of drug-likeness (QED) is 0.236. The van der Waals surface area contributed by atoms with Crippen LogP contribution in [-0.2, 0) is 0 Å². The van der Waals surface area contributed by atoms with Crippen molar-refractivity contribution in [2.75, 3.05) is 0 Å². The van der Waals surface area contributed by atoms with E-state index in [4.69, 9.17) is 0 Å². The van der Waals surface area contributed by atoms with E-state index in [9.17, 15) is 0 Å². The van der Waals surface area contributed by atoms with Crippen LogP contribution >= 0.6 is 0 Å². The van der Waals surface area contributed by atoms with Gasteiger partial charge in [-0.2, -0.15) is 0 Å². The lowest BCUT2D eigenvalue weighted by Gasteiger charge is -2.19. The fourth-order valence-corrected chi connectivity index (χ4v) is 6.54. The van der Waals surface area contributed by atoms with Crippen LogP contribution in [0.2, 0.25) is 0 Å². The number of hydrogen-bond donors (Lipinski definition) is 0. The predicted octanol–water partition coefficient (Wildman–Crippen LogP) is 9.61. The Bertz CT molecular complexity index is 1950. The molecule has 0 N–H and O–H groups in total. The molecule has 1 aromatic heterocycles. The van der Waals surface area contributed by atoms with Crippen LogP contribution in [0.3, 0.4) is 0 Å². The molecule has 1 aliphatic rings. The normalized spacial score (nSPS) is 14.1. The predicted molar refractivity (Wildman–Crippen MR) is 159 cm³/mol. The fourth-order valence-electron chi connectivity index (χ4n) is 6.54. The minimum atomic E-state index is 0.168. The van der Waals surface area contributed by atoms with Gasteiger partial charge in [-0.1, -0.05) is 121 Å². The zero-order valence-corrected chi connectivity index (χ0v) is 20.9. The van der Waals surface area contributed by atoms with E-state index in [-0.39, 0.29) is 5.92 Å². The van der Waals surface area contributed by atoms with E-state index in [1.54, 1.807) is 0 Å². The molecule has 0 bridgehead atoms. The van der Waals surface area contributed by atoms with Gasteiger partial charge in [0, 0.05) is 22.4 Å². The van der Waals surface area contributed by atoms with Gasteiger partial charge >= 0.3 is 0 Å². The monoisotopic (exact) mass is 483 g/mol. The molecule has 1 heterocycles. The van der Waals surface area contributed by atoms with E-state index in [2.05, 4.69) is 150 Å². The first-order chi connectivity index (χ1) is 18.9. The molecule has 0 saturated heterocycles. The Labute approximate surface area is 222 Å². The average Bonchev–Trinajstić information content (AvgIpc) is 3.51. The molecule has 6 aromatic carbocycles. The van der Waals surface area contributed by atoms with Crippen LogP contribution in [0.25, 0.3) is 49.7 Å². The van der Waals surface area contributed by atoms with Gasteiger partial charge in [-0.3, -0.25) is 0 Å². The van der Waals surface area contributed by atoms with Crippen LogP contribution in [0.15, 0.2) is 146 Å². The molecule has 0 fully saturated rings. The van der Waals surface area contributed by atoms with E-state index in [0.29, 0.717) is 0 Å². The third-order valence-corrected chi connectivity index (χ3v) is 8.06. The van der Waals surface area contributed by atoms with E-state index in [0.717, 1.165) is 0 Å². The van der Waals surface area contributed by atoms with Gasteiger partial charge < -0.3 is 4.57 Å². The highest BCUT2D eigenvalue weighted by Gasteiger charge is 2.35. The Balaban J connectivity index is 1.63. The number of hydrogen-bond acceptors (Lipinski definition) is 0. The SMILES string of the molecule is c1ccc(-c2cc3c(c4c2c2ccccc2n4-c2ccccc2)C(c2ccccc2)c2ccccc2-3)cc1. The van der Waals surface area contributed by atoms with Crippen molar-refractivity contribution in [2.45, 2.75) is 5.92 Å². The lowest BCUT2D eigenvalue weighted by atomic mass is 9.86. The maximum absolute atomic E-state index is 2.50. The topological polar surface area (TPSA) is 4.93 Å². The van der Waals surface area contributed by atoms with Crippen LogP contribution in [-0.4, -0.2) is 4.57 Å². The van der Waals surface area contributed by atoms with Crippen molar-refractivity contribution in [2.24, 2.45) is 0 Å². The van der Waals surface area contributed by atoms with Gasteiger partial charge in [0.2, 0.25) is 0 Å². The number of para-hydroxylation sites is 2. The van der Waals surface area contributed by atoms with Crippen LogP contribution in [0, 0.1) is 0 Å². The van der Waals surface area contributed by atoms with Crippen LogP contribution in [0.1, 0.15) is 22.6 Å². The average molecular weight is 484 g/mol. The van der Waals surface area contributed by atoms with E-state index >= 15 is 0 Å². The molecule has 1 unspecified atom stereocenters. The van der Waals surface area contributed by atoms with Crippen molar-refractivity contribution in [1.82, 2.24) is 4.57 Å². The lowest BCUT2D eigenvalue weighted by Crippen LogP contribution is -2.03. The third-order valence-electron chi connectivity index (χ3n) is 8.06. The second kappa shape index (κ2) is 8.33. The van der Waals surface area contributed by atoms with Gasteiger partial charge in [-0.05, 0) is 63.2 Å². The summed E-state index contributed by atoms with van der Waals surface area (Å²) in [6.07, 6.45) is 0. The number of fused-ring (bicyclic) bond motifs is 7. The smallest absolute Gasteiger partial charge is 0.0595 e. The van der Waals surface area contributed by atoms with Crippen molar-refractivity contribution in [1.29, 1.82) is 0 Å². The molecular formula is C37H25N. The summed E-state index contributed by atoms with van der Waals surface area (Å²) in [5, 5.41) is 2.61. The molecule has 178 valence electrons. The second-order valence-corrected chi connectivity index (χ2v) is 10.1. The van der Waals surface area contributed by atoms with Gasteiger partial charge in [0.1, 0.15) is 0 Å². The minimum absolute atomic E-state index is 0.168. The summed E-state index contributed by atoms with van der Waals surface area (Å²) < 4.78 is 2.50. The van der Waals surface area contributed by atoms with E-state index in [1.807, 2.05) is 0 Å². The van der Waals surface area contributed by atoms with Crippen molar-refractivity contribution < 1.29 is 0 Å². The molecule has 0 radical (unpaired) electrons. The first-order valence-electron chi connectivity index (χ1n) is 13.3. The van der Waals surface area contributed by atoms with Gasteiger partial charge in [0.25, 0.3) is 0 Å². The lowest BCUT2D eigenvalue weighted by molar-refractivity contribution is 1.01. The Hall–Kier alpha value is -4.88. The molecule has 7 aromatic rings. The molecule has 1 atom stereocenters. The van der Waals surface area contributed by atoms with E-state index < -0.39 is 0 Å². The molecule has 1 nitrogen and oxygen atoms in total. The maximum Gasteiger partial charge on any atom is 0.0595 e. The second-order valence-electron chi connectivity index (χ2n) is 10.1. The molecule has 0 aliphatic heterocycles. The zero-order valence-electron chi connectivity index (χ0n) is 20.9. The molecule has 38 heavy (non-hydrogen) atoms. The summed E-state index contributed by atoms with van der Waals surface area (Å²) in [7, 11) is 0. The summed E-state index contributed by atoms with van der Waals surface area (Å²) in [6, 6.07) is 53.0. The fraction of sp³-hybridized carbons (Fsp3) is 0.0270. The molecule has 0 spiro atoms. The molecular weight excluding hydrogens is 458 g/mol. The highest BCUT2D eigenvalue weighted by Crippen LogP contribution is 2.54. The highest BCUT2D eigenvalue weighted by atomic mass is 15.0. The van der Waals surface area contributed by atoms with Crippen molar-refractivity contribution in [3.63, 3.8) is 0 Å². The van der Waals surface area contributed by atoms with Crippen LogP contribution in [0.5, 0.6) is 0 Å². The maximum atomic E-state index is 2.50. The summed E-state index contributed by atoms with van der Waals surface area (Å²) in [5.41, 5.74) is 13.0. The summed E-state index contributed by atoms with van der Waals surface area (Å²) in [5.74, 6) is 0.168. The van der Waals surface area contributed by atoms with Gasteiger partial charge in [-0.25, -0.2) is 0 Å². The summed E-state index contributed by atoms with van der Waals surface area (Å²) in [6.45, 7) is 0. The molecule has 1 heteroatoms. The minimum Gasteiger partial charge on any atom is -0.309 e. The van der Waals surface area contributed by atoms with Gasteiger partial charge in [0.15, 0.2) is 0 Å². The Morgan fingerprint density at radius 3 is 1.92 bits per heavy atom. The standard InChI is InChI=1S/C37H25N/c1-4-14-25(15-5-1)31-24-32-28-20-10-11-21-29(28)34(26-16-6-2-7-17-26)36(32)37-35(31)30-22-12-13-23-33(30)38(37)27-18-8-3-9-19-27/h1-24,34H. The Kier molecular flexibility index (Phi) is 4.65. The van der Waals surface area contributed by atoms with Gasteiger partial charge in [-0.15, -0.1) is 0 Å². The molecule has 0 saturated carbocycles. The van der Waals surface area contributed by atoms with Crippen LogP contribution in [0.4, 0.5) is 0 Å². The van der Waals surface area contributed by atoms with Crippen molar-refractivity contribution >= 4 is 21.8 Å². The number of nitrogens with zero attached hydrogens (tertiary/aromatic N) is 1. The molecule has 8 rings (SSSR count). The summed E-state index contributed by atoms with van der Waals surface area (Å²) >= 11 is 0. The number of rotatable bonds is 3. The number of aromatic nitrogens is 1. The van der Waals surface area contributed by atoms with Gasteiger partial charge in [0.05, 0.1) is 11.0 Å². The Morgan fingerprint density at radius 1 is 0.500 bits per heavy atom. The van der Waals surface area contributed by atoms with Crippen molar-refractivity contribution in [3.8, 4) is 27.9 Å². The molecule has 0 amide bonds. The zero-order chi connectivity index (χ0) is 25.1.